The number of hydrogen-bond acceptors (Lipinski definition) is 3. The molecule has 5 heteroatoms. The zero-order valence-corrected chi connectivity index (χ0v) is 15.3. The van der Waals surface area contributed by atoms with Crippen LogP contribution in [-0.2, 0) is 4.79 Å². The highest BCUT2D eigenvalue weighted by atomic mass is 35.5. The zero-order chi connectivity index (χ0) is 15.5. The maximum atomic E-state index is 12.5. The van der Waals surface area contributed by atoms with Gasteiger partial charge in [-0.3, -0.25) is 9.69 Å². The van der Waals surface area contributed by atoms with E-state index in [0.717, 1.165) is 37.3 Å². The standard InChI is InChI=1S/C18H33N3O.ClH/c1-13(17-11-14-5-6-15(17)10-14)20-18(22)12-21-9-3-2-4-16(21)7-8-19;/h13-17H,2-12,19H2,1H3,(H,20,22);1H. The van der Waals surface area contributed by atoms with Gasteiger partial charge in [0.25, 0.3) is 0 Å². The molecule has 134 valence electrons. The normalized spacial score (nSPS) is 34.9. The molecular weight excluding hydrogens is 310 g/mol. The van der Waals surface area contributed by atoms with Gasteiger partial charge in [0.05, 0.1) is 6.54 Å². The van der Waals surface area contributed by atoms with Crippen molar-refractivity contribution in [3.8, 4) is 0 Å². The van der Waals surface area contributed by atoms with E-state index < -0.39 is 0 Å². The molecule has 1 heterocycles. The molecule has 2 bridgehead atoms. The Morgan fingerprint density at radius 1 is 1.26 bits per heavy atom. The highest BCUT2D eigenvalue weighted by molar-refractivity contribution is 5.85. The van der Waals surface area contributed by atoms with E-state index >= 15 is 0 Å². The van der Waals surface area contributed by atoms with Crippen LogP contribution in [0.4, 0.5) is 0 Å². The number of carbonyl (C=O) groups excluding carboxylic acids is 1. The molecule has 2 saturated carbocycles. The molecule has 0 radical (unpaired) electrons. The first-order valence-electron chi connectivity index (χ1n) is 9.41. The maximum Gasteiger partial charge on any atom is 0.234 e. The largest absolute Gasteiger partial charge is 0.352 e. The van der Waals surface area contributed by atoms with Crippen molar-refractivity contribution in [2.45, 2.75) is 70.4 Å². The second-order valence-corrected chi connectivity index (χ2v) is 7.89. The van der Waals surface area contributed by atoms with Crippen molar-refractivity contribution in [2.75, 3.05) is 19.6 Å². The molecule has 1 aliphatic heterocycles. The van der Waals surface area contributed by atoms with Crippen molar-refractivity contribution in [2.24, 2.45) is 23.5 Å². The third-order valence-corrected chi connectivity index (χ3v) is 6.42. The predicted octanol–water partition coefficient (Wildman–Crippen LogP) is 2.55. The van der Waals surface area contributed by atoms with Crippen LogP contribution in [0.5, 0.6) is 0 Å². The molecule has 23 heavy (non-hydrogen) atoms. The molecule has 0 aromatic rings. The second-order valence-electron chi connectivity index (χ2n) is 7.89. The van der Waals surface area contributed by atoms with E-state index in [2.05, 4.69) is 17.1 Å². The average molecular weight is 344 g/mol. The Morgan fingerprint density at radius 3 is 2.74 bits per heavy atom. The van der Waals surface area contributed by atoms with Gasteiger partial charge in [-0.2, -0.15) is 0 Å². The molecule has 3 rings (SSSR count). The van der Waals surface area contributed by atoms with Gasteiger partial charge < -0.3 is 11.1 Å². The number of nitrogens with two attached hydrogens (primary N) is 1. The van der Waals surface area contributed by atoms with Crippen LogP contribution < -0.4 is 11.1 Å². The first-order valence-corrected chi connectivity index (χ1v) is 9.41. The average Bonchev–Trinajstić information content (AvgIpc) is 3.12. The first-order chi connectivity index (χ1) is 10.7. The number of hydrogen-bond donors (Lipinski definition) is 2. The summed E-state index contributed by atoms with van der Waals surface area (Å²) >= 11 is 0. The molecule has 2 aliphatic carbocycles. The van der Waals surface area contributed by atoms with Gasteiger partial charge in [0.2, 0.25) is 5.91 Å². The van der Waals surface area contributed by atoms with Crippen LogP contribution in [0.1, 0.15) is 58.3 Å². The topological polar surface area (TPSA) is 58.4 Å². The molecule has 0 spiro atoms. The number of nitrogens with zero attached hydrogens (tertiary/aromatic N) is 1. The number of nitrogens with one attached hydrogen (secondary N) is 1. The lowest BCUT2D eigenvalue weighted by Crippen LogP contribution is -2.49. The minimum atomic E-state index is 0. The van der Waals surface area contributed by atoms with E-state index in [-0.39, 0.29) is 18.3 Å². The lowest BCUT2D eigenvalue weighted by molar-refractivity contribution is -0.124. The fraction of sp³-hybridized carbons (Fsp3) is 0.944. The van der Waals surface area contributed by atoms with E-state index in [0.29, 0.717) is 18.6 Å². The van der Waals surface area contributed by atoms with Crippen LogP contribution in [-0.4, -0.2) is 42.5 Å². The Bertz CT molecular complexity index is 390. The summed E-state index contributed by atoms with van der Waals surface area (Å²) in [6.45, 7) is 4.57. The van der Waals surface area contributed by atoms with Crippen molar-refractivity contribution < 1.29 is 4.79 Å². The van der Waals surface area contributed by atoms with Crippen LogP contribution in [0.15, 0.2) is 0 Å². The Hall–Kier alpha value is -0.320. The summed E-state index contributed by atoms with van der Waals surface area (Å²) in [5.41, 5.74) is 5.72. The number of amides is 1. The summed E-state index contributed by atoms with van der Waals surface area (Å²) in [6, 6.07) is 0.864. The summed E-state index contributed by atoms with van der Waals surface area (Å²) in [5, 5.41) is 3.30. The Labute approximate surface area is 147 Å². The van der Waals surface area contributed by atoms with E-state index in [1.54, 1.807) is 0 Å². The second kappa shape index (κ2) is 8.68. The predicted molar refractivity (Wildman–Crippen MR) is 96.7 cm³/mol. The number of likely N-dealkylation sites (tertiary alicyclic amines) is 1. The Kier molecular flexibility index (Phi) is 7.18. The van der Waals surface area contributed by atoms with E-state index in [1.165, 1.54) is 44.9 Å². The van der Waals surface area contributed by atoms with Crippen molar-refractivity contribution in [1.82, 2.24) is 10.2 Å². The zero-order valence-electron chi connectivity index (χ0n) is 14.5. The minimum absolute atomic E-state index is 0. The van der Waals surface area contributed by atoms with Gasteiger partial charge in [-0.25, -0.2) is 0 Å². The van der Waals surface area contributed by atoms with Gasteiger partial charge in [-0.15, -0.1) is 12.4 Å². The van der Waals surface area contributed by atoms with Gasteiger partial charge in [0.1, 0.15) is 0 Å². The summed E-state index contributed by atoms with van der Waals surface area (Å²) in [7, 11) is 0. The fourth-order valence-electron chi connectivity index (χ4n) is 5.28. The number of halogens is 1. The van der Waals surface area contributed by atoms with E-state index in [9.17, 15) is 4.79 Å². The van der Waals surface area contributed by atoms with Gasteiger partial charge in [-0.1, -0.05) is 12.8 Å². The molecular formula is C18H34ClN3O. The molecule has 0 aromatic heterocycles. The third-order valence-electron chi connectivity index (χ3n) is 6.42. The van der Waals surface area contributed by atoms with Crippen molar-refractivity contribution >= 4 is 18.3 Å². The SMILES string of the molecule is CC(NC(=O)CN1CCCCC1CCN)C1CC2CCC1C2.Cl. The van der Waals surface area contributed by atoms with Crippen molar-refractivity contribution in [3.63, 3.8) is 0 Å². The fourth-order valence-corrected chi connectivity index (χ4v) is 5.28. The quantitative estimate of drug-likeness (QED) is 0.779. The molecule has 0 aromatic carbocycles. The van der Waals surface area contributed by atoms with Crippen molar-refractivity contribution in [1.29, 1.82) is 0 Å². The molecule has 3 aliphatic rings. The number of fused-ring (bicyclic) bond motifs is 2. The van der Waals surface area contributed by atoms with E-state index in [1.807, 2.05) is 0 Å². The van der Waals surface area contributed by atoms with Crippen LogP contribution in [0.3, 0.4) is 0 Å². The molecule has 4 nitrogen and oxygen atoms in total. The lowest BCUT2D eigenvalue weighted by Gasteiger charge is -2.36. The molecule has 1 saturated heterocycles. The Balaban J connectivity index is 0.00000192. The Morgan fingerprint density at radius 2 is 2.09 bits per heavy atom. The summed E-state index contributed by atoms with van der Waals surface area (Å²) in [4.78, 5) is 14.8. The molecule has 3 fully saturated rings. The monoisotopic (exact) mass is 343 g/mol. The summed E-state index contributed by atoms with van der Waals surface area (Å²) < 4.78 is 0. The van der Waals surface area contributed by atoms with Gasteiger partial charge in [0, 0.05) is 12.1 Å². The van der Waals surface area contributed by atoms with Crippen LogP contribution in [0.2, 0.25) is 0 Å². The van der Waals surface area contributed by atoms with Gasteiger partial charge in [0.15, 0.2) is 0 Å². The highest BCUT2D eigenvalue weighted by Crippen LogP contribution is 2.49. The van der Waals surface area contributed by atoms with E-state index in [4.69, 9.17) is 5.73 Å². The smallest absolute Gasteiger partial charge is 0.234 e. The van der Waals surface area contributed by atoms with Crippen molar-refractivity contribution in [3.05, 3.63) is 0 Å². The molecule has 5 atom stereocenters. The van der Waals surface area contributed by atoms with Crippen LogP contribution in [0.25, 0.3) is 0 Å². The lowest BCUT2D eigenvalue weighted by atomic mass is 9.84. The number of rotatable bonds is 6. The maximum absolute atomic E-state index is 12.5. The third kappa shape index (κ3) is 4.61. The molecule has 3 N–H and O–H groups in total. The van der Waals surface area contributed by atoms with Crippen LogP contribution in [0, 0.1) is 17.8 Å². The molecule has 5 unspecified atom stereocenters. The highest BCUT2D eigenvalue weighted by Gasteiger charge is 2.42. The summed E-state index contributed by atoms with van der Waals surface area (Å²) in [5.74, 6) is 2.77. The first kappa shape index (κ1) is 19.0. The minimum Gasteiger partial charge on any atom is -0.352 e. The van der Waals surface area contributed by atoms with Gasteiger partial charge in [-0.05, 0) is 76.3 Å². The molecule has 1 amide bonds. The number of carbonyl (C=O) groups is 1. The summed E-state index contributed by atoms with van der Waals surface area (Å²) in [6.07, 6.45) is 10.3. The van der Waals surface area contributed by atoms with Crippen LogP contribution >= 0.6 is 12.4 Å². The van der Waals surface area contributed by atoms with Gasteiger partial charge >= 0.3 is 0 Å². The number of piperidine rings is 1.